The van der Waals surface area contributed by atoms with Crippen LogP contribution in [-0.4, -0.2) is 33.4 Å². The molecule has 3 N–H and O–H groups in total. The van der Waals surface area contributed by atoms with Crippen molar-refractivity contribution in [3.63, 3.8) is 0 Å². The number of hydrogen-bond donors (Lipinski definition) is 3. The van der Waals surface area contributed by atoms with Crippen molar-refractivity contribution in [2.75, 3.05) is 6.54 Å². The summed E-state index contributed by atoms with van der Waals surface area (Å²) < 4.78 is 0. The Morgan fingerprint density at radius 2 is 2.21 bits per heavy atom. The third-order valence-electron chi connectivity index (χ3n) is 3.16. The van der Waals surface area contributed by atoms with E-state index >= 15 is 0 Å². The first kappa shape index (κ1) is 13.5. The van der Waals surface area contributed by atoms with E-state index in [9.17, 15) is 9.90 Å². The van der Waals surface area contributed by atoms with Gasteiger partial charge in [-0.1, -0.05) is 0 Å². The van der Waals surface area contributed by atoms with Gasteiger partial charge < -0.3 is 10.4 Å². The topological polar surface area (TPSA) is 78.0 Å². The second-order valence-corrected chi connectivity index (χ2v) is 5.39. The van der Waals surface area contributed by atoms with E-state index in [1.54, 1.807) is 26.1 Å². The van der Waals surface area contributed by atoms with Crippen LogP contribution in [-0.2, 0) is 0 Å². The smallest absolute Gasteiger partial charge is 0.251 e. The Balaban J connectivity index is 2.11. The molecule has 0 spiro atoms. The molecule has 2 aromatic rings. The Bertz CT molecular complexity index is 596. The molecule has 102 valence electrons. The number of carbonyl (C=O) groups is 1. The minimum Gasteiger partial charge on any atom is -0.390 e. The van der Waals surface area contributed by atoms with E-state index in [-0.39, 0.29) is 5.91 Å². The van der Waals surface area contributed by atoms with Crippen LogP contribution in [0.1, 0.15) is 36.2 Å². The number of aromatic amines is 1. The number of aliphatic hydroxyl groups is 1. The van der Waals surface area contributed by atoms with Gasteiger partial charge in [0.15, 0.2) is 0 Å². The third-order valence-corrected chi connectivity index (χ3v) is 3.16. The summed E-state index contributed by atoms with van der Waals surface area (Å²) in [7, 11) is 0. The molecule has 19 heavy (non-hydrogen) atoms. The zero-order chi connectivity index (χ0) is 14.0. The van der Waals surface area contributed by atoms with Crippen LogP contribution in [0.3, 0.4) is 0 Å². The van der Waals surface area contributed by atoms with Crippen molar-refractivity contribution in [2.24, 2.45) is 0 Å². The number of nitrogens with zero attached hydrogens (tertiary/aromatic N) is 1. The van der Waals surface area contributed by atoms with Crippen LogP contribution in [0.25, 0.3) is 10.9 Å². The molecule has 0 aliphatic heterocycles. The molecule has 1 aromatic heterocycles. The first-order valence-corrected chi connectivity index (χ1v) is 6.32. The summed E-state index contributed by atoms with van der Waals surface area (Å²) in [6.45, 7) is 5.80. The lowest BCUT2D eigenvalue weighted by molar-refractivity contribution is 0.0693. The number of carbonyl (C=O) groups excluding carboxylic acids is 1. The van der Waals surface area contributed by atoms with Crippen molar-refractivity contribution < 1.29 is 9.90 Å². The summed E-state index contributed by atoms with van der Waals surface area (Å²) >= 11 is 0. The fourth-order valence-electron chi connectivity index (χ4n) is 1.98. The first-order chi connectivity index (χ1) is 8.88. The largest absolute Gasteiger partial charge is 0.390 e. The number of benzene rings is 1. The Kier molecular flexibility index (Phi) is 3.57. The minimum absolute atomic E-state index is 0.121. The molecule has 0 fully saturated rings. The van der Waals surface area contributed by atoms with Crippen molar-refractivity contribution in [3.8, 4) is 0 Å². The molecular weight excluding hydrogens is 242 g/mol. The van der Waals surface area contributed by atoms with Crippen LogP contribution in [0.5, 0.6) is 0 Å². The second kappa shape index (κ2) is 5.01. The number of aromatic nitrogens is 2. The highest BCUT2D eigenvalue weighted by Crippen LogP contribution is 2.19. The molecule has 2 rings (SSSR count). The Morgan fingerprint density at radius 1 is 1.47 bits per heavy atom. The van der Waals surface area contributed by atoms with Gasteiger partial charge in [0.1, 0.15) is 0 Å². The number of fused-ring (bicyclic) bond motifs is 1. The normalized spacial score (nSPS) is 11.8. The van der Waals surface area contributed by atoms with Crippen molar-refractivity contribution in [3.05, 3.63) is 29.5 Å². The molecule has 0 saturated carbocycles. The lowest BCUT2D eigenvalue weighted by Gasteiger charge is -2.17. The summed E-state index contributed by atoms with van der Waals surface area (Å²) in [5.74, 6) is -0.121. The fourth-order valence-corrected chi connectivity index (χ4v) is 1.98. The van der Waals surface area contributed by atoms with Crippen molar-refractivity contribution in [1.82, 2.24) is 15.5 Å². The van der Waals surface area contributed by atoms with Crippen LogP contribution in [0, 0.1) is 6.92 Å². The first-order valence-electron chi connectivity index (χ1n) is 6.32. The van der Waals surface area contributed by atoms with Gasteiger partial charge in [-0.05, 0) is 44.9 Å². The number of hydrogen-bond acceptors (Lipinski definition) is 3. The number of rotatable bonds is 4. The van der Waals surface area contributed by atoms with Crippen LogP contribution in [0.15, 0.2) is 18.3 Å². The molecule has 0 bridgehead atoms. The van der Waals surface area contributed by atoms with Gasteiger partial charge in [0.05, 0.1) is 17.3 Å². The quantitative estimate of drug-likeness (QED) is 0.784. The average Bonchev–Trinajstić information content (AvgIpc) is 2.76. The molecule has 0 radical (unpaired) electrons. The lowest BCUT2D eigenvalue weighted by atomic mass is 10.0. The van der Waals surface area contributed by atoms with E-state index in [4.69, 9.17) is 0 Å². The fraction of sp³-hybridized carbons (Fsp3) is 0.429. The summed E-state index contributed by atoms with van der Waals surface area (Å²) in [6, 6.07) is 3.63. The Labute approximate surface area is 112 Å². The molecule has 0 unspecified atom stereocenters. The highest BCUT2D eigenvalue weighted by molar-refractivity contribution is 6.00. The highest BCUT2D eigenvalue weighted by atomic mass is 16.3. The summed E-state index contributed by atoms with van der Waals surface area (Å²) in [5.41, 5.74) is 1.71. The van der Waals surface area contributed by atoms with E-state index in [2.05, 4.69) is 15.5 Å². The van der Waals surface area contributed by atoms with E-state index in [0.717, 1.165) is 16.5 Å². The van der Waals surface area contributed by atoms with Crippen LogP contribution < -0.4 is 5.32 Å². The van der Waals surface area contributed by atoms with Gasteiger partial charge in [0.2, 0.25) is 0 Å². The zero-order valence-corrected chi connectivity index (χ0v) is 11.4. The van der Waals surface area contributed by atoms with Crippen LogP contribution >= 0.6 is 0 Å². The van der Waals surface area contributed by atoms with Crippen LogP contribution in [0.4, 0.5) is 0 Å². The van der Waals surface area contributed by atoms with Crippen molar-refractivity contribution in [2.45, 2.75) is 32.8 Å². The number of nitrogens with one attached hydrogen (secondary N) is 2. The Morgan fingerprint density at radius 3 is 2.89 bits per heavy atom. The van der Waals surface area contributed by atoms with Crippen LogP contribution in [0.2, 0.25) is 0 Å². The standard InChI is InChI=1S/C14H19N3O2/c1-9-10(4-5-12-11(9)8-16-17-12)13(18)15-7-6-14(2,3)19/h4-5,8,19H,6-7H2,1-3H3,(H,15,18)(H,16,17). The molecule has 1 heterocycles. The maximum Gasteiger partial charge on any atom is 0.251 e. The van der Waals surface area contributed by atoms with Gasteiger partial charge in [-0.15, -0.1) is 0 Å². The zero-order valence-electron chi connectivity index (χ0n) is 11.4. The molecular formula is C14H19N3O2. The maximum atomic E-state index is 12.1. The minimum atomic E-state index is -0.767. The lowest BCUT2D eigenvalue weighted by Crippen LogP contribution is -2.31. The van der Waals surface area contributed by atoms with Crippen molar-refractivity contribution >= 4 is 16.8 Å². The molecule has 0 aliphatic carbocycles. The van der Waals surface area contributed by atoms with E-state index in [0.29, 0.717) is 18.5 Å². The molecule has 5 nitrogen and oxygen atoms in total. The molecule has 5 heteroatoms. The van der Waals surface area contributed by atoms with Gasteiger partial charge in [-0.2, -0.15) is 5.10 Å². The molecule has 1 amide bonds. The van der Waals surface area contributed by atoms with Gasteiger partial charge in [0.25, 0.3) is 5.91 Å². The average molecular weight is 261 g/mol. The van der Waals surface area contributed by atoms with Gasteiger partial charge >= 0.3 is 0 Å². The predicted molar refractivity (Wildman–Crippen MR) is 74.1 cm³/mol. The molecule has 0 aliphatic rings. The Hall–Kier alpha value is -1.88. The predicted octanol–water partition coefficient (Wildman–Crippen LogP) is 1.76. The summed E-state index contributed by atoms with van der Waals surface area (Å²) in [4.78, 5) is 12.1. The number of aryl methyl sites for hydroxylation is 1. The second-order valence-electron chi connectivity index (χ2n) is 5.39. The summed E-state index contributed by atoms with van der Waals surface area (Å²) in [5, 5.41) is 20.2. The van der Waals surface area contributed by atoms with E-state index in [1.807, 2.05) is 13.0 Å². The SMILES string of the molecule is Cc1c(C(=O)NCCC(C)(C)O)ccc2[nH]ncc12. The van der Waals surface area contributed by atoms with Gasteiger partial charge in [0, 0.05) is 17.5 Å². The highest BCUT2D eigenvalue weighted by Gasteiger charge is 2.15. The number of amides is 1. The van der Waals surface area contributed by atoms with E-state index in [1.165, 1.54) is 0 Å². The third kappa shape index (κ3) is 3.12. The van der Waals surface area contributed by atoms with E-state index < -0.39 is 5.60 Å². The van der Waals surface area contributed by atoms with Gasteiger partial charge in [-0.3, -0.25) is 9.89 Å². The maximum absolute atomic E-state index is 12.1. The van der Waals surface area contributed by atoms with Crippen molar-refractivity contribution in [1.29, 1.82) is 0 Å². The monoisotopic (exact) mass is 261 g/mol. The number of H-pyrrole nitrogens is 1. The summed E-state index contributed by atoms with van der Waals surface area (Å²) in [6.07, 6.45) is 2.24. The van der Waals surface area contributed by atoms with Gasteiger partial charge in [-0.25, -0.2) is 0 Å². The molecule has 1 aromatic carbocycles. The molecule has 0 saturated heterocycles. The molecule has 0 atom stereocenters.